The normalized spacial score (nSPS) is 19.8. The van der Waals surface area contributed by atoms with Gasteiger partial charge >= 0.3 is 0 Å². The van der Waals surface area contributed by atoms with Crippen molar-refractivity contribution in [3.8, 4) is 11.5 Å². The number of fused-ring (bicyclic) bond motifs is 3. The third-order valence-corrected chi connectivity index (χ3v) is 5.31. The Bertz CT molecular complexity index is 1070. The Kier molecular flexibility index (Phi) is 4.43. The average Bonchev–Trinajstić information content (AvgIpc) is 3.20. The highest BCUT2D eigenvalue weighted by atomic mass is 19.1. The molecule has 0 saturated carbocycles. The van der Waals surface area contributed by atoms with Crippen LogP contribution in [-0.4, -0.2) is 17.3 Å². The number of hydrazone groups is 1. The van der Waals surface area contributed by atoms with E-state index in [4.69, 9.17) is 14.6 Å². The Morgan fingerprint density at radius 3 is 2.72 bits per heavy atom. The third kappa shape index (κ3) is 3.23. The fourth-order valence-corrected chi connectivity index (χ4v) is 4.01. The number of nitrogens with zero attached hydrogens (tertiary/aromatic N) is 2. The highest BCUT2D eigenvalue weighted by Gasteiger charge is 2.41. The summed E-state index contributed by atoms with van der Waals surface area (Å²) in [7, 11) is 0. The minimum absolute atomic E-state index is 0.00243. The SMILES string of the molecule is CCOc1ccc2c(c1)[C@@H]1CC(c3ccccc3)=NN1[C@@H](c1cccc(F)c1)O2. The molecule has 0 bridgehead atoms. The maximum Gasteiger partial charge on any atom is 0.213 e. The number of ether oxygens (including phenoxy) is 2. The number of rotatable bonds is 4. The van der Waals surface area contributed by atoms with Crippen molar-refractivity contribution in [2.75, 3.05) is 6.61 Å². The quantitative estimate of drug-likeness (QED) is 0.595. The van der Waals surface area contributed by atoms with E-state index in [0.29, 0.717) is 6.61 Å². The fourth-order valence-electron chi connectivity index (χ4n) is 4.01. The zero-order chi connectivity index (χ0) is 19.8. The Morgan fingerprint density at radius 2 is 1.93 bits per heavy atom. The van der Waals surface area contributed by atoms with E-state index in [9.17, 15) is 4.39 Å². The first-order chi connectivity index (χ1) is 14.2. The van der Waals surface area contributed by atoms with Gasteiger partial charge in [0.05, 0.1) is 18.4 Å². The van der Waals surface area contributed by atoms with Gasteiger partial charge in [0.1, 0.15) is 17.3 Å². The van der Waals surface area contributed by atoms with Gasteiger partial charge in [0.15, 0.2) is 0 Å². The van der Waals surface area contributed by atoms with Crippen LogP contribution in [0.2, 0.25) is 0 Å². The van der Waals surface area contributed by atoms with Crippen molar-refractivity contribution in [3.05, 3.63) is 95.3 Å². The second-order valence-corrected chi connectivity index (χ2v) is 7.17. The first kappa shape index (κ1) is 17.7. The van der Waals surface area contributed by atoms with Gasteiger partial charge in [-0.1, -0.05) is 42.5 Å². The van der Waals surface area contributed by atoms with Crippen molar-refractivity contribution in [2.24, 2.45) is 5.10 Å². The van der Waals surface area contributed by atoms with Crippen LogP contribution in [0.4, 0.5) is 4.39 Å². The van der Waals surface area contributed by atoms with Crippen LogP contribution in [0.5, 0.6) is 11.5 Å². The lowest BCUT2D eigenvalue weighted by Crippen LogP contribution is -2.33. The number of hydrogen-bond acceptors (Lipinski definition) is 4. The van der Waals surface area contributed by atoms with Gasteiger partial charge in [-0.15, -0.1) is 0 Å². The molecule has 0 aliphatic carbocycles. The molecular formula is C24H21FN2O2. The molecule has 4 nitrogen and oxygen atoms in total. The second kappa shape index (κ2) is 7.24. The molecule has 0 spiro atoms. The molecule has 2 atom stereocenters. The van der Waals surface area contributed by atoms with Gasteiger partial charge in [0.2, 0.25) is 6.23 Å². The van der Waals surface area contributed by atoms with Crippen molar-refractivity contribution in [2.45, 2.75) is 25.6 Å². The minimum atomic E-state index is -0.484. The minimum Gasteiger partial charge on any atom is -0.494 e. The predicted molar refractivity (Wildman–Crippen MR) is 110 cm³/mol. The number of halogens is 1. The van der Waals surface area contributed by atoms with E-state index in [2.05, 4.69) is 12.1 Å². The summed E-state index contributed by atoms with van der Waals surface area (Å²) in [5, 5.41) is 6.86. The molecule has 2 aliphatic heterocycles. The molecule has 5 rings (SSSR count). The topological polar surface area (TPSA) is 34.1 Å². The Morgan fingerprint density at radius 1 is 1.07 bits per heavy atom. The largest absolute Gasteiger partial charge is 0.494 e. The molecule has 146 valence electrons. The van der Waals surface area contributed by atoms with Crippen LogP contribution in [0.3, 0.4) is 0 Å². The lowest BCUT2D eigenvalue weighted by atomic mass is 9.95. The van der Waals surface area contributed by atoms with Crippen molar-refractivity contribution >= 4 is 5.71 Å². The maximum absolute atomic E-state index is 13.9. The van der Waals surface area contributed by atoms with Crippen molar-refractivity contribution < 1.29 is 13.9 Å². The van der Waals surface area contributed by atoms with Gasteiger partial charge < -0.3 is 9.47 Å². The Balaban J connectivity index is 1.59. The molecule has 2 aliphatic rings. The van der Waals surface area contributed by atoms with Crippen molar-refractivity contribution in [1.82, 2.24) is 5.01 Å². The number of benzene rings is 3. The van der Waals surface area contributed by atoms with E-state index in [1.54, 1.807) is 6.07 Å². The van der Waals surface area contributed by atoms with Gasteiger partial charge in [-0.3, -0.25) is 0 Å². The van der Waals surface area contributed by atoms with E-state index in [-0.39, 0.29) is 11.9 Å². The average molecular weight is 388 g/mol. The highest BCUT2D eigenvalue weighted by Crippen LogP contribution is 2.48. The van der Waals surface area contributed by atoms with Gasteiger partial charge in [-0.05, 0) is 42.8 Å². The summed E-state index contributed by atoms with van der Waals surface area (Å²) in [4.78, 5) is 0. The molecule has 3 aromatic rings. The molecule has 0 unspecified atom stereocenters. The zero-order valence-electron chi connectivity index (χ0n) is 16.1. The third-order valence-electron chi connectivity index (χ3n) is 5.31. The molecule has 29 heavy (non-hydrogen) atoms. The lowest BCUT2D eigenvalue weighted by molar-refractivity contribution is -0.0193. The summed E-state index contributed by atoms with van der Waals surface area (Å²) in [6.07, 6.45) is 0.268. The van der Waals surface area contributed by atoms with E-state index in [0.717, 1.165) is 40.3 Å². The molecule has 0 amide bonds. The van der Waals surface area contributed by atoms with E-state index >= 15 is 0 Å². The summed E-state index contributed by atoms with van der Waals surface area (Å²) in [5.74, 6) is 1.31. The molecule has 0 aromatic heterocycles. The first-order valence-corrected chi connectivity index (χ1v) is 9.83. The van der Waals surface area contributed by atoms with Crippen molar-refractivity contribution in [3.63, 3.8) is 0 Å². The molecule has 0 radical (unpaired) electrons. The lowest BCUT2D eigenvalue weighted by Gasteiger charge is -2.38. The van der Waals surface area contributed by atoms with Crippen LogP contribution in [0.1, 0.15) is 42.3 Å². The predicted octanol–water partition coefficient (Wildman–Crippen LogP) is 5.47. The summed E-state index contributed by atoms with van der Waals surface area (Å²) in [6, 6.07) is 22.5. The summed E-state index contributed by atoms with van der Waals surface area (Å²) in [6.45, 7) is 2.57. The maximum atomic E-state index is 13.9. The van der Waals surface area contributed by atoms with Crippen LogP contribution >= 0.6 is 0 Å². The van der Waals surface area contributed by atoms with Crippen LogP contribution in [0, 0.1) is 5.82 Å². The molecular weight excluding hydrogens is 367 g/mol. The number of hydrogen-bond donors (Lipinski definition) is 0. The summed E-state index contributed by atoms with van der Waals surface area (Å²) >= 11 is 0. The molecule has 2 heterocycles. The summed E-state index contributed by atoms with van der Waals surface area (Å²) < 4.78 is 25.9. The van der Waals surface area contributed by atoms with Crippen LogP contribution in [0.15, 0.2) is 77.9 Å². The van der Waals surface area contributed by atoms with Crippen LogP contribution in [-0.2, 0) is 0 Å². The standard InChI is InChI=1S/C24H21FN2O2/c1-2-28-19-11-12-23-20(14-19)22-15-21(16-7-4-3-5-8-16)26-27(22)24(29-23)17-9-6-10-18(25)13-17/h3-14,22,24H,2,15H2,1H3/t22-,24+/m0/s1. The molecule has 0 N–H and O–H groups in total. The molecule has 3 aromatic carbocycles. The van der Waals surface area contributed by atoms with Crippen molar-refractivity contribution in [1.29, 1.82) is 0 Å². The van der Waals surface area contributed by atoms with Gasteiger partial charge in [-0.2, -0.15) is 5.10 Å². The molecule has 5 heteroatoms. The summed E-state index contributed by atoms with van der Waals surface area (Å²) in [5.41, 5.74) is 3.86. The van der Waals surface area contributed by atoms with E-state index < -0.39 is 6.23 Å². The van der Waals surface area contributed by atoms with Gasteiger partial charge in [0.25, 0.3) is 0 Å². The van der Waals surface area contributed by atoms with E-state index in [1.807, 2.05) is 54.4 Å². The Labute approximate surface area is 169 Å². The van der Waals surface area contributed by atoms with Crippen LogP contribution < -0.4 is 9.47 Å². The fraction of sp³-hybridized carbons (Fsp3) is 0.208. The van der Waals surface area contributed by atoms with Gasteiger partial charge in [-0.25, -0.2) is 9.40 Å². The smallest absolute Gasteiger partial charge is 0.213 e. The molecule has 0 fully saturated rings. The highest BCUT2D eigenvalue weighted by molar-refractivity contribution is 6.01. The first-order valence-electron chi connectivity index (χ1n) is 9.83. The van der Waals surface area contributed by atoms with E-state index in [1.165, 1.54) is 12.1 Å². The zero-order valence-corrected chi connectivity index (χ0v) is 16.1. The Hall–Kier alpha value is -3.34. The van der Waals surface area contributed by atoms with Crippen LogP contribution in [0.25, 0.3) is 0 Å². The second-order valence-electron chi connectivity index (χ2n) is 7.17. The van der Waals surface area contributed by atoms with Gasteiger partial charge in [0, 0.05) is 17.5 Å². The monoisotopic (exact) mass is 388 g/mol. The molecule has 0 saturated heterocycles.